The maximum absolute atomic E-state index is 10.5. The van der Waals surface area contributed by atoms with Crippen molar-refractivity contribution in [1.82, 2.24) is 5.32 Å². The maximum atomic E-state index is 10.5. The van der Waals surface area contributed by atoms with Gasteiger partial charge in [-0.05, 0) is 19.3 Å². The third-order valence-electron chi connectivity index (χ3n) is 1.93. The fraction of sp³-hybridized carbons (Fsp3) is 0.857. The summed E-state index contributed by atoms with van der Waals surface area (Å²) >= 11 is 0. The number of nitrogens with one attached hydrogen (secondary N) is 1. The number of hydrogen-bond acceptors (Lipinski definition) is 3. The van der Waals surface area contributed by atoms with Crippen LogP contribution in [-0.2, 0) is 9.53 Å². The van der Waals surface area contributed by atoms with Crippen LogP contribution in [0.2, 0.25) is 0 Å². The number of ether oxygens (including phenoxy) is 1. The van der Waals surface area contributed by atoms with Crippen LogP contribution in [0.4, 0.5) is 0 Å². The van der Waals surface area contributed by atoms with Crippen molar-refractivity contribution in [2.75, 3.05) is 7.11 Å². The van der Waals surface area contributed by atoms with E-state index >= 15 is 0 Å². The summed E-state index contributed by atoms with van der Waals surface area (Å²) < 4.78 is 5.00. The van der Waals surface area contributed by atoms with Crippen LogP contribution in [0.15, 0.2) is 0 Å². The van der Waals surface area contributed by atoms with Gasteiger partial charge in [0.2, 0.25) is 0 Å². The number of carboxylic acids is 1. The van der Waals surface area contributed by atoms with E-state index in [9.17, 15) is 4.79 Å². The minimum Gasteiger partial charge on any atom is -0.480 e. The third-order valence-corrected chi connectivity index (χ3v) is 1.93. The molecule has 0 amide bonds. The zero-order valence-electron chi connectivity index (χ0n) is 6.54. The van der Waals surface area contributed by atoms with Crippen LogP contribution in [0.25, 0.3) is 0 Å². The van der Waals surface area contributed by atoms with Gasteiger partial charge < -0.3 is 9.84 Å². The molecule has 0 aromatic heterocycles. The van der Waals surface area contributed by atoms with Gasteiger partial charge in [-0.3, -0.25) is 10.1 Å². The first-order valence-electron chi connectivity index (χ1n) is 3.75. The highest BCUT2D eigenvalue weighted by Gasteiger charge is 2.25. The molecular weight excluding hydrogens is 146 g/mol. The van der Waals surface area contributed by atoms with E-state index in [-0.39, 0.29) is 6.23 Å². The fourth-order valence-corrected chi connectivity index (χ4v) is 1.28. The number of carboxylic acid groups (broad SMARTS) is 1. The molecule has 1 rings (SSSR count). The van der Waals surface area contributed by atoms with Gasteiger partial charge in [0.25, 0.3) is 0 Å². The van der Waals surface area contributed by atoms with Crippen LogP contribution >= 0.6 is 0 Å². The molecule has 11 heavy (non-hydrogen) atoms. The molecular formula is C7H13NO3. The molecule has 1 aliphatic heterocycles. The van der Waals surface area contributed by atoms with Gasteiger partial charge in [0.1, 0.15) is 12.3 Å². The van der Waals surface area contributed by atoms with Crippen molar-refractivity contribution in [3.05, 3.63) is 0 Å². The zero-order valence-corrected chi connectivity index (χ0v) is 6.54. The Balaban J connectivity index is 2.39. The second-order valence-corrected chi connectivity index (χ2v) is 2.71. The minimum absolute atomic E-state index is 0.0788. The summed E-state index contributed by atoms with van der Waals surface area (Å²) in [6.07, 6.45) is 2.45. The van der Waals surface area contributed by atoms with E-state index in [4.69, 9.17) is 9.84 Å². The molecule has 1 fully saturated rings. The molecule has 0 saturated carbocycles. The van der Waals surface area contributed by atoms with Crippen molar-refractivity contribution >= 4 is 5.97 Å². The molecule has 4 nitrogen and oxygen atoms in total. The molecule has 2 atom stereocenters. The predicted molar refractivity (Wildman–Crippen MR) is 39.2 cm³/mol. The summed E-state index contributed by atoms with van der Waals surface area (Å²) in [4.78, 5) is 10.5. The normalized spacial score (nSPS) is 31.7. The first kappa shape index (κ1) is 8.49. The molecule has 1 heterocycles. The Morgan fingerprint density at radius 2 is 2.36 bits per heavy atom. The van der Waals surface area contributed by atoms with Crippen molar-refractivity contribution in [2.24, 2.45) is 0 Å². The summed E-state index contributed by atoms with van der Waals surface area (Å²) in [5, 5.41) is 11.5. The Labute approximate surface area is 65.5 Å². The molecule has 0 aliphatic carbocycles. The summed E-state index contributed by atoms with van der Waals surface area (Å²) in [5.74, 6) is -0.785. The molecule has 64 valence electrons. The van der Waals surface area contributed by atoms with Gasteiger partial charge in [-0.15, -0.1) is 0 Å². The molecule has 0 aromatic rings. The standard InChI is InChI=1S/C7H13NO3/c1-11-6-4-2-3-5(8-6)7(9)10/h5-6,8H,2-4H2,1H3,(H,9,10). The number of aliphatic carboxylic acids is 1. The lowest BCUT2D eigenvalue weighted by molar-refractivity contribution is -0.142. The smallest absolute Gasteiger partial charge is 0.320 e. The lowest BCUT2D eigenvalue weighted by Crippen LogP contribution is -2.47. The lowest BCUT2D eigenvalue weighted by atomic mass is 10.0. The van der Waals surface area contributed by atoms with Crippen LogP contribution in [-0.4, -0.2) is 30.5 Å². The van der Waals surface area contributed by atoms with E-state index in [0.717, 1.165) is 12.8 Å². The molecule has 2 N–H and O–H groups in total. The van der Waals surface area contributed by atoms with Gasteiger partial charge in [0, 0.05) is 7.11 Å². The van der Waals surface area contributed by atoms with Crippen molar-refractivity contribution in [3.8, 4) is 0 Å². The van der Waals surface area contributed by atoms with Crippen LogP contribution in [0.5, 0.6) is 0 Å². The Kier molecular flexibility index (Phi) is 2.84. The van der Waals surface area contributed by atoms with Crippen LogP contribution in [0, 0.1) is 0 Å². The molecule has 1 saturated heterocycles. The average Bonchev–Trinajstić information content (AvgIpc) is 2.05. The van der Waals surface area contributed by atoms with Crippen molar-refractivity contribution in [2.45, 2.75) is 31.5 Å². The van der Waals surface area contributed by atoms with Crippen LogP contribution in [0.1, 0.15) is 19.3 Å². The summed E-state index contributed by atoms with van der Waals surface area (Å²) in [6.45, 7) is 0. The SMILES string of the molecule is COC1CCCC(C(=O)O)N1. The first-order valence-corrected chi connectivity index (χ1v) is 3.75. The second kappa shape index (κ2) is 3.69. The third kappa shape index (κ3) is 2.17. The van der Waals surface area contributed by atoms with Gasteiger partial charge in [0.05, 0.1) is 0 Å². The summed E-state index contributed by atoms with van der Waals surface area (Å²) in [6, 6.07) is -0.423. The van der Waals surface area contributed by atoms with Gasteiger partial charge >= 0.3 is 5.97 Å². The molecule has 0 spiro atoms. The average molecular weight is 159 g/mol. The van der Waals surface area contributed by atoms with Crippen molar-refractivity contribution in [1.29, 1.82) is 0 Å². The Morgan fingerprint density at radius 1 is 1.64 bits per heavy atom. The van der Waals surface area contributed by atoms with E-state index in [1.54, 1.807) is 7.11 Å². The fourth-order valence-electron chi connectivity index (χ4n) is 1.28. The molecule has 0 aromatic carbocycles. The van der Waals surface area contributed by atoms with Crippen molar-refractivity contribution in [3.63, 3.8) is 0 Å². The highest BCUT2D eigenvalue weighted by atomic mass is 16.5. The molecule has 0 radical (unpaired) electrons. The monoisotopic (exact) mass is 159 g/mol. The van der Waals surface area contributed by atoms with Crippen LogP contribution < -0.4 is 5.32 Å². The van der Waals surface area contributed by atoms with Crippen LogP contribution in [0.3, 0.4) is 0 Å². The van der Waals surface area contributed by atoms with Crippen molar-refractivity contribution < 1.29 is 14.6 Å². The Hall–Kier alpha value is -0.610. The maximum Gasteiger partial charge on any atom is 0.320 e. The number of piperidine rings is 1. The van der Waals surface area contributed by atoms with Gasteiger partial charge in [-0.2, -0.15) is 0 Å². The highest BCUT2D eigenvalue weighted by Crippen LogP contribution is 2.12. The second-order valence-electron chi connectivity index (χ2n) is 2.71. The number of rotatable bonds is 2. The first-order chi connectivity index (χ1) is 5.24. The van der Waals surface area contributed by atoms with Gasteiger partial charge in [-0.1, -0.05) is 0 Å². The minimum atomic E-state index is -0.785. The van der Waals surface area contributed by atoms with Gasteiger partial charge in [-0.25, -0.2) is 0 Å². The quantitative estimate of drug-likeness (QED) is 0.603. The van der Waals surface area contributed by atoms with E-state index in [2.05, 4.69) is 5.32 Å². The zero-order chi connectivity index (χ0) is 8.27. The molecule has 1 aliphatic rings. The van der Waals surface area contributed by atoms with E-state index < -0.39 is 12.0 Å². The highest BCUT2D eigenvalue weighted by molar-refractivity contribution is 5.73. The molecule has 4 heteroatoms. The Bertz CT molecular complexity index is 149. The molecule has 0 bridgehead atoms. The van der Waals surface area contributed by atoms with Gasteiger partial charge in [0.15, 0.2) is 0 Å². The Morgan fingerprint density at radius 3 is 2.91 bits per heavy atom. The molecule has 2 unspecified atom stereocenters. The summed E-state index contributed by atoms with van der Waals surface area (Å²) in [5.41, 5.74) is 0. The number of methoxy groups -OCH3 is 1. The van der Waals surface area contributed by atoms with E-state index in [1.165, 1.54) is 0 Å². The van der Waals surface area contributed by atoms with E-state index in [0.29, 0.717) is 6.42 Å². The summed E-state index contributed by atoms with van der Waals surface area (Å²) in [7, 11) is 1.59. The number of hydrogen-bond donors (Lipinski definition) is 2. The lowest BCUT2D eigenvalue weighted by Gasteiger charge is -2.27. The topological polar surface area (TPSA) is 58.6 Å². The predicted octanol–water partition coefficient (Wildman–Crippen LogP) is 0.186. The van der Waals surface area contributed by atoms with E-state index in [1.807, 2.05) is 0 Å². The number of carbonyl (C=O) groups is 1. The largest absolute Gasteiger partial charge is 0.480 e.